The van der Waals surface area contributed by atoms with Gasteiger partial charge < -0.3 is 4.90 Å². The van der Waals surface area contributed by atoms with Crippen molar-refractivity contribution in [1.82, 2.24) is 4.98 Å². The fourth-order valence-electron chi connectivity index (χ4n) is 1.54. The number of rotatable bonds is 4. The highest BCUT2D eigenvalue weighted by atomic mass is 32.1. The molecule has 0 bridgehead atoms. The van der Waals surface area contributed by atoms with E-state index >= 15 is 0 Å². The predicted octanol–water partition coefficient (Wildman–Crippen LogP) is 3.25. The third kappa shape index (κ3) is 2.34. The first-order valence-corrected chi connectivity index (χ1v) is 6.01. The van der Waals surface area contributed by atoms with Crippen molar-refractivity contribution in [2.45, 2.75) is 6.92 Å². The smallest absolute Gasteiger partial charge is 0.190 e. The molecule has 1 aromatic heterocycles. The van der Waals surface area contributed by atoms with Gasteiger partial charge >= 0.3 is 0 Å². The molecule has 0 saturated heterocycles. The Morgan fingerprint density at radius 2 is 2.24 bits per heavy atom. The molecule has 0 fully saturated rings. The Hall–Kier alpha value is -1.75. The number of carbonyl (C=O) groups excluding carboxylic acids is 1. The van der Waals surface area contributed by atoms with E-state index in [1.807, 2.05) is 6.92 Å². The van der Waals surface area contributed by atoms with E-state index in [0.717, 1.165) is 6.29 Å². The van der Waals surface area contributed by atoms with E-state index in [1.54, 1.807) is 23.1 Å². The summed E-state index contributed by atoms with van der Waals surface area (Å²) >= 11 is 1.25. The molecule has 0 unspecified atom stereocenters. The second kappa shape index (κ2) is 5.05. The summed E-state index contributed by atoms with van der Waals surface area (Å²) in [7, 11) is 0. The molecular weight excluding hydrogens is 239 g/mol. The highest BCUT2D eigenvalue weighted by molar-refractivity contribution is 7.17. The zero-order valence-corrected chi connectivity index (χ0v) is 10.1. The van der Waals surface area contributed by atoms with Crippen LogP contribution in [0.25, 0.3) is 0 Å². The van der Waals surface area contributed by atoms with E-state index < -0.39 is 0 Å². The van der Waals surface area contributed by atoms with Crippen LogP contribution in [0.2, 0.25) is 0 Å². The van der Waals surface area contributed by atoms with Crippen molar-refractivity contribution in [3.63, 3.8) is 0 Å². The van der Waals surface area contributed by atoms with Gasteiger partial charge in [-0.15, -0.1) is 0 Å². The quantitative estimate of drug-likeness (QED) is 0.781. The summed E-state index contributed by atoms with van der Waals surface area (Å²) in [4.78, 5) is 17.0. The van der Waals surface area contributed by atoms with Gasteiger partial charge in [-0.3, -0.25) is 4.79 Å². The minimum atomic E-state index is -0.294. The maximum atomic E-state index is 13.7. The summed E-state index contributed by atoms with van der Waals surface area (Å²) in [5.41, 5.74) is 0.474. The third-order valence-corrected chi connectivity index (χ3v) is 3.26. The van der Waals surface area contributed by atoms with Crippen molar-refractivity contribution in [2.75, 3.05) is 11.4 Å². The van der Waals surface area contributed by atoms with Gasteiger partial charge in [0.1, 0.15) is 5.82 Å². The van der Waals surface area contributed by atoms with E-state index in [-0.39, 0.29) is 5.82 Å². The molecular formula is C12H11FN2OS. The summed E-state index contributed by atoms with van der Waals surface area (Å²) in [5.74, 6) is -0.294. The van der Waals surface area contributed by atoms with Crippen LogP contribution >= 0.6 is 11.3 Å². The van der Waals surface area contributed by atoms with Crippen molar-refractivity contribution in [3.05, 3.63) is 41.2 Å². The van der Waals surface area contributed by atoms with Gasteiger partial charge in [-0.2, -0.15) is 0 Å². The second-order valence-corrected chi connectivity index (χ2v) is 4.40. The van der Waals surface area contributed by atoms with E-state index in [1.165, 1.54) is 23.6 Å². The number of thiazole rings is 1. The van der Waals surface area contributed by atoms with E-state index in [9.17, 15) is 9.18 Å². The lowest BCUT2D eigenvalue weighted by molar-refractivity contribution is 0.112. The molecule has 88 valence electrons. The van der Waals surface area contributed by atoms with Crippen LogP contribution in [0.4, 0.5) is 15.2 Å². The molecule has 0 atom stereocenters. The number of nitrogens with zero attached hydrogens (tertiary/aromatic N) is 2. The zero-order valence-electron chi connectivity index (χ0n) is 9.26. The number of benzene rings is 1. The average molecular weight is 250 g/mol. The minimum absolute atomic E-state index is 0.294. The van der Waals surface area contributed by atoms with Crippen molar-refractivity contribution < 1.29 is 9.18 Å². The molecule has 0 aliphatic heterocycles. The van der Waals surface area contributed by atoms with E-state index in [4.69, 9.17) is 0 Å². The number of aldehydes is 1. The van der Waals surface area contributed by atoms with Crippen LogP contribution in [0.15, 0.2) is 30.5 Å². The minimum Gasteiger partial charge on any atom is -0.315 e. The predicted molar refractivity (Wildman–Crippen MR) is 66.6 cm³/mol. The van der Waals surface area contributed by atoms with Gasteiger partial charge in [0.2, 0.25) is 0 Å². The average Bonchev–Trinajstić information content (AvgIpc) is 2.81. The lowest BCUT2D eigenvalue weighted by atomic mass is 10.3. The maximum absolute atomic E-state index is 13.7. The van der Waals surface area contributed by atoms with E-state index in [0.29, 0.717) is 22.2 Å². The van der Waals surface area contributed by atoms with Crippen LogP contribution in [0.5, 0.6) is 0 Å². The molecule has 0 spiro atoms. The summed E-state index contributed by atoms with van der Waals surface area (Å²) < 4.78 is 13.7. The van der Waals surface area contributed by atoms with Gasteiger partial charge in [0.05, 0.1) is 16.8 Å². The topological polar surface area (TPSA) is 33.2 Å². The van der Waals surface area contributed by atoms with Gasteiger partial charge in [0, 0.05) is 6.54 Å². The van der Waals surface area contributed by atoms with Crippen LogP contribution in [0.3, 0.4) is 0 Å². The van der Waals surface area contributed by atoms with Crippen molar-refractivity contribution in [2.24, 2.45) is 0 Å². The molecule has 0 aliphatic rings. The number of carbonyl (C=O) groups is 1. The largest absolute Gasteiger partial charge is 0.315 e. The SMILES string of the molecule is CCN(c1ncc(C=O)s1)c1ccccc1F. The fraction of sp³-hybridized carbons (Fsp3) is 0.167. The van der Waals surface area contributed by atoms with Crippen LogP contribution in [-0.4, -0.2) is 17.8 Å². The molecule has 17 heavy (non-hydrogen) atoms. The summed E-state index contributed by atoms with van der Waals surface area (Å²) in [5, 5.41) is 0.625. The van der Waals surface area contributed by atoms with Gasteiger partial charge in [-0.05, 0) is 19.1 Å². The zero-order chi connectivity index (χ0) is 12.3. The molecule has 0 amide bonds. The summed E-state index contributed by atoms with van der Waals surface area (Å²) in [6.45, 7) is 2.50. The standard InChI is InChI=1S/C12H11FN2OS/c1-2-15(11-6-4-3-5-10(11)13)12-14-7-9(8-16)17-12/h3-8H,2H2,1H3. The Balaban J connectivity index is 2.40. The van der Waals surface area contributed by atoms with Gasteiger partial charge in [0.25, 0.3) is 0 Å². The Morgan fingerprint density at radius 1 is 1.47 bits per heavy atom. The number of halogens is 1. The monoisotopic (exact) mass is 250 g/mol. The molecule has 1 aromatic carbocycles. The van der Waals surface area contributed by atoms with Crippen molar-refractivity contribution >= 4 is 28.4 Å². The van der Waals surface area contributed by atoms with Crippen LogP contribution in [0, 0.1) is 5.82 Å². The highest BCUT2D eigenvalue weighted by Gasteiger charge is 2.14. The normalized spacial score (nSPS) is 10.2. The summed E-state index contributed by atoms with van der Waals surface area (Å²) in [6, 6.07) is 6.52. The van der Waals surface area contributed by atoms with Crippen LogP contribution in [-0.2, 0) is 0 Å². The molecule has 0 radical (unpaired) electrons. The highest BCUT2D eigenvalue weighted by Crippen LogP contribution is 2.30. The molecule has 3 nitrogen and oxygen atoms in total. The number of anilines is 2. The first-order valence-electron chi connectivity index (χ1n) is 5.19. The summed E-state index contributed by atoms with van der Waals surface area (Å²) in [6.07, 6.45) is 2.24. The second-order valence-electron chi connectivity index (χ2n) is 3.36. The maximum Gasteiger partial charge on any atom is 0.190 e. The number of aromatic nitrogens is 1. The van der Waals surface area contributed by atoms with Gasteiger partial charge in [0.15, 0.2) is 11.4 Å². The molecule has 5 heteroatoms. The Bertz CT molecular complexity index is 527. The molecule has 0 aliphatic carbocycles. The van der Waals surface area contributed by atoms with Gasteiger partial charge in [-0.1, -0.05) is 23.5 Å². The van der Waals surface area contributed by atoms with Crippen molar-refractivity contribution in [1.29, 1.82) is 0 Å². The lowest BCUT2D eigenvalue weighted by Gasteiger charge is -2.20. The van der Waals surface area contributed by atoms with Crippen molar-refractivity contribution in [3.8, 4) is 0 Å². The molecule has 0 N–H and O–H groups in total. The Morgan fingerprint density at radius 3 is 2.82 bits per heavy atom. The fourth-order valence-corrected chi connectivity index (χ4v) is 2.34. The molecule has 2 aromatic rings. The molecule has 0 saturated carbocycles. The lowest BCUT2D eigenvalue weighted by Crippen LogP contribution is -2.16. The van der Waals surface area contributed by atoms with Crippen LogP contribution < -0.4 is 4.90 Å². The van der Waals surface area contributed by atoms with Crippen LogP contribution in [0.1, 0.15) is 16.6 Å². The first-order chi connectivity index (χ1) is 8.26. The number of para-hydroxylation sites is 1. The first kappa shape index (κ1) is 11.7. The Kier molecular flexibility index (Phi) is 3.49. The number of hydrogen-bond acceptors (Lipinski definition) is 4. The Labute approximate surface area is 103 Å². The van der Waals surface area contributed by atoms with Gasteiger partial charge in [-0.25, -0.2) is 9.37 Å². The third-order valence-electron chi connectivity index (χ3n) is 2.32. The molecule has 2 rings (SSSR count). The molecule has 1 heterocycles. The van der Waals surface area contributed by atoms with E-state index in [2.05, 4.69) is 4.98 Å². The number of hydrogen-bond donors (Lipinski definition) is 0.